The van der Waals surface area contributed by atoms with Crippen LogP contribution in [0.3, 0.4) is 0 Å². The summed E-state index contributed by atoms with van der Waals surface area (Å²) in [5, 5.41) is 15.9. The van der Waals surface area contributed by atoms with Crippen LogP contribution < -0.4 is 16.4 Å². The van der Waals surface area contributed by atoms with Crippen LogP contribution in [0.25, 0.3) is 0 Å². The number of nitrogens with two attached hydrogens (primary N) is 1. The molecule has 1 fully saturated rings. The molecule has 0 aliphatic carbocycles. The topological polar surface area (TPSA) is 79.5 Å². The van der Waals surface area contributed by atoms with Crippen molar-refractivity contribution < 1.29 is 23.0 Å². The number of benzene rings is 1. The Morgan fingerprint density at radius 3 is 2.56 bits per heavy atom. The lowest BCUT2D eigenvalue weighted by Gasteiger charge is -2.43. The van der Waals surface area contributed by atoms with Crippen molar-refractivity contribution >= 4 is 0 Å². The van der Waals surface area contributed by atoms with Gasteiger partial charge >= 0.3 is 6.18 Å². The maximum Gasteiger partial charge on any atom is 0.416 e. The zero-order valence-corrected chi connectivity index (χ0v) is 14.1. The van der Waals surface area contributed by atoms with Gasteiger partial charge in [-0.25, -0.2) is 0 Å². The van der Waals surface area contributed by atoms with Gasteiger partial charge < -0.3 is 26.2 Å². The minimum atomic E-state index is -4.39. The first kappa shape index (κ1) is 19.6. The third kappa shape index (κ3) is 4.45. The Morgan fingerprint density at radius 1 is 1.36 bits per heavy atom. The Morgan fingerprint density at radius 2 is 2.04 bits per heavy atom. The van der Waals surface area contributed by atoms with Gasteiger partial charge in [-0.2, -0.15) is 13.2 Å². The molecule has 2 heterocycles. The summed E-state index contributed by atoms with van der Waals surface area (Å²) in [5.41, 5.74) is 4.68. The van der Waals surface area contributed by atoms with Gasteiger partial charge in [-0.05, 0) is 49.2 Å². The van der Waals surface area contributed by atoms with Crippen LogP contribution in [0.1, 0.15) is 35.6 Å². The zero-order valence-electron chi connectivity index (χ0n) is 14.1. The molecule has 1 unspecified atom stereocenters. The van der Waals surface area contributed by atoms with Crippen molar-refractivity contribution in [3.63, 3.8) is 0 Å². The van der Waals surface area contributed by atoms with E-state index in [9.17, 15) is 18.3 Å². The third-order valence-corrected chi connectivity index (χ3v) is 4.42. The van der Waals surface area contributed by atoms with Crippen molar-refractivity contribution in [2.45, 2.75) is 30.7 Å². The van der Waals surface area contributed by atoms with E-state index in [1.54, 1.807) is 13.2 Å². The van der Waals surface area contributed by atoms with E-state index < -0.39 is 23.4 Å². The van der Waals surface area contributed by atoms with Crippen molar-refractivity contribution in [1.82, 2.24) is 10.6 Å². The second kappa shape index (κ2) is 8.07. The van der Waals surface area contributed by atoms with E-state index in [4.69, 9.17) is 10.5 Å². The van der Waals surface area contributed by atoms with E-state index in [0.29, 0.717) is 24.0 Å². The average Bonchev–Trinajstić information content (AvgIpc) is 2.60. The molecule has 5 nitrogen and oxygen atoms in total. The predicted octanol–water partition coefficient (Wildman–Crippen LogP) is 1.98. The van der Waals surface area contributed by atoms with E-state index in [0.717, 1.165) is 25.2 Å². The van der Waals surface area contributed by atoms with Gasteiger partial charge in [-0.15, -0.1) is 0 Å². The highest BCUT2D eigenvalue weighted by atomic mass is 19.4. The molecule has 5 N–H and O–H groups in total. The molecule has 0 saturated carbocycles. The monoisotopic (exact) mass is 359 g/mol. The minimum Gasteiger partial charge on any atom is -0.403 e. The number of aliphatic hydroxyl groups excluding tert-OH is 1. The second-order valence-electron chi connectivity index (χ2n) is 6.02. The Kier molecular flexibility index (Phi) is 6.31. The number of nitrogens with one attached hydrogen (secondary N) is 2. The third-order valence-electron chi connectivity index (χ3n) is 4.42. The number of piperidine rings is 1. The van der Waals surface area contributed by atoms with Gasteiger partial charge in [0.2, 0.25) is 0 Å². The summed E-state index contributed by atoms with van der Waals surface area (Å²) in [6.07, 6.45) is -0.877. The standard InChI is InChI=1S/C14H16F3NO2.C3H8N2/c15-14(16,17)9-1-2-11-10(7-9)12(19)8-20-13(11)3-5-18-6-4-13;1-5-3-2-4/h1-2,7,12,18-19H,3-6,8H2;2-3,5H,4H2,1H3/b;3-2-. The molecule has 1 aromatic rings. The summed E-state index contributed by atoms with van der Waals surface area (Å²) in [6, 6.07) is 3.60. The molecule has 140 valence electrons. The molecule has 0 bridgehead atoms. The van der Waals surface area contributed by atoms with Crippen molar-refractivity contribution in [2.75, 3.05) is 26.7 Å². The van der Waals surface area contributed by atoms with Crippen LogP contribution in [0.2, 0.25) is 0 Å². The largest absolute Gasteiger partial charge is 0.416 e. The molecule has 1 atom stereocenters. The van der Waals surface area contributed by atoms with Gasteiger partial charge in [0.05, 0.1) is 17.8 Å². The minimum absolute atomic E-state index is 0.0499. The fraction of sp³-hybridized carbons (Fsp3) is 0.529. The van der Waals surface area contributed by atoms with Crippen LogP contribution in [-0.2, 0) is 16.5 Å². The highest BCUT2D eigenvalue weighted by molar-refractivity contribution is 5.40. The molecule has 0 radical (unpaired) electrons. The molecule has 2 aliphatic heterocycles. The molecule has 0 amide bonds. The molecular weight excluding hydrogens is 335 g/mol. The molecule has 25 heavy (non-hydrogen) atoms. The van der Waals surface area contributed by atoms with Crippen molar-refractivity contribution in [3.05, 3.63) is 47.3 Å². The predicted molar refractivity (Wildman–Crippen MR) is 88.5 cm³/mol. The lowest BCUT2D eigenvalue weighted by molar-refractivity contribution is -0.139. The van der Waals surface area contributed by atoms with Gasteiger partial charge in [0.25, 0.3) is 0 Å². The Hall–Kier alpha value is -1.77. The Labute approximate surface area is 145 Å². The number of alkyl halides is 3. The van der Waals surface area contributed by atoms with Gasteiger partial charge in [0.15, 0.2) is 0 Å². The number of fused-ring (bicyclic) bond motifs is 2. The maximum atomic E-state index is 12.8. The summed E-state index contributed by atoms with van der Waals surface area (Å²) in [6.45, 7) is 1.57. The van der Waals surface area contributed by atoms with Crippen molar-refractivity contribution in [3.8, 4) is 0 Å². The maximum absolute atomic E-state index is 12.8. The van der Waals surface area contributed by atoms with Crippen LogP contribution in [0, 0.1) is 0 Å². The number of ether oxygens (including phenoxy) is 1. The fourth-order valence-electron chi connectivity index (χ4n) is 3.18. The second-order valence-corrected chi connectivity index (χ2v) is 6.02. The summed E-state index contributed by atoms with van der Waals surface area (Å²) in [5.74, 6) is 0. The number of halogens is 3. The molecular formula is C17H24F3N3O2. The van der Waals surface area contributed by atoms with Crippen molar-refractivity contribution in [2.24, 2.45) is 5.73 Å². The first-order valence-corrected chi connectivity index (χ1v) is 8.12. The summed E-state index contributed by atoms with van der Waals surface area (Å²) in [4.78, 5) is 0. The smallest absolute Gasteiger partial charge is 0.403 e. The van der Waals surface area contributed by atoms with Crippen LogP contribution in [-0.4, -0.2) is 31.9 Å². The molecule has 8 heteroatoms. The summed E-state index contributed by atoms with van der Waals surface area (Å²) in [7, 11) is 1.80. The van der Waals surface area contributed by atoms with E-state index in [1.807, 2.05) is 0 Å². The normalized spacial score (nSPS) is 22.2. The SMILES string of the molecule is CN/C=C\N.OC1COC2(CCNCC2)c2ccc(C(F)(F)F)cc21. The molecule has 1 aromatic carbocycles. The molecule has 2 aliphatic rings. The van der Waals surface area contributed by atoms with E-state index in [2.05, 4.69) is 10.6 Å². The Balaban J connectivity index is 0.000000399. The van der Waals surface area contributed by atoms with Gasteiger partial charge in [0, 0.05) is 19.4 Å². The lowest BCUT2D eigenvalue weighted by atomic mass is 9.78. The fourth-order valence-corrected chi connectivity index (χ4v) is 3.18. The summed E-state index contributed by atoms with van der Waals surface area (Å²) >= 11 is 0. The molecule has 1 spiro atoms. The van der Waals surface area contributed by atoms with E-state index in [-0.39, 0.29) is 6.61 Å². The molecule has 1 saturated heterocycles. The van der Waals surface area contributed by atoms with E-state index in [1.165, 1.54) is 12.3 Å². The van der Waals surface area contributed by atoms with Crippen LogP contribution in [0.15, 0.2) is 30.6 Å². The highest BCUT2D eigenvalue weighted by Gasteiger charge is 2.42. The zero-order chi connectivity index (χ0) is 18.5. The van der Waals surface area contributed by atoms with Gasteiger partial charge in [0.1, 0.15) is 6.10 Å². The van der Waals surface area contributed by atoms with Crippen molar-refractivity contribution in [1.29, 1.82) is 0 Å². The number of aliphatic hydroxyl groups is 1. The Bertz CT molecular complexity index is 599. The first-order chi connectivity index (χ1) is 11.8. The quantitative estimate of drug-likeness (QED) is 0.617. The molecule has 3 rings (SSSR count). The number of rotatable bonds is 1. The average molecular weight is 359 g/mol. The highest BCUT2D eigenvalue weighted by Crippen LogP contribution is 2.44. The van der Waals surface area contributed by atoms with E-state index >= 15 is 0 Å². The van der Waals surface area contributed by atoms with Gasteiger partial charge in [-0.3, -0.25) is 0 Å². The first-order valence-electron chi connectivity index (χ1n) is 8.12. The number of hydrogen-bond donors (Lipinski definition) is 4. The van der Waals surface area contributed by atoms with Gasteiger partial charge in [-0.1, -0.05) is 6.07 Å². The lowest BCUT2D eigenvalue weighted by Crippen LogP contribution is -2.45. The van der Waals surface area contributed by atoms with Crippen LogP contribution >= 0.6 is 0 Å². The molecule has 0 aromatic heterocycles. The number of hydrogen-bond acceptors (Lipinski definition) is 5. The van der Waals surface area contributed by atoms with Crippen LogP contribution in [0.4, 0.5) is 13.2 Å². The summed E-state index contributed by atoms with van der Waals surface area (Å²) < 4.78 is 44.2. The van der Waals surface area contributed by atoms with Crippen LogP contribution in [0.5, 0.6) is 0 Å².